The number of carbonyl (C=O) groups is 1. The van der Waals surface area contributed by atoms with Gasteiger partial charge in [0.15, 0.2) is 11.2 Å². The minimum absolute atomic E-state index is 0.0469. The SMILES string of the molecule is CC(C)C=C(OC(=O)CC(C)C)n1c(N(C)C)nc2c1c(=O)n(C)c(=O)n2C. The Balaban J connectivity index is 2.87. The molecule has 28 heavy (non-hydrogen) atoms. The zero-order valence-electron chi connectivity index (χ0n) is 17.8. The van der Waals surface area contributed by atoms with Gasteiger partial charge in [-0.25, -0.2) is 9.36 Å². The summed E-state index contributed by atoms with van der Waals surface area (Å²) in [5.74, 6) is 0.385. The van der Waals surface area contributed by atoms with E-state index >= 15 is 0 Å². The van der Waals surface area contributed by atoms with Crippen LogP contribution in [0.1, 0.15) is 34.1 Å². The molecule has 0 atom stereocenters. The molecule has 9 heteroatoms. The maximum Gasteiger partial charge on any atom is 0.332 e. The van der Waals surface area contributed by atoms with Gasteiger partial charge in [0.2, 0.25) is 11.8 Å². The maximum atomic E-state index is 12.9. The number of ether oxygens (including phenoxy) is 1. The van der Waals surface area contributed by atoms with Gasteiger partial charge in [-0.3, -0.25) is 18.7 Å². The van der Waals surface area contributed by atoms with Crippen molar-refractivity contribution < 1.29 is 9.53 Å². The molecule has 2 heterocycles. The molecule has 0 aliphatic carbocycles. The van der Waals surface area contributed by atoms with E-state index in [0.29, 0.717) is 5.95 Å². The number of aryl methyl sites for hydroxylation is 1. The molecule has 0 radical (unpaired) electrons. The van der Waals surface area contributed by atoms with Crippen LogP contribution >= 0.6 is 0 Å². The first-order valence-electron chi connectivity index (χ1n) is 9.24. The van der Waals surface area contributed by atoms with E-state index in [0.717, 1.165) is 4.57 Å². The second kappa shape index (κ2) is 8.04. The molecule has 0 saturated carbocycles. The van der Waals surface area contributed by atoms with Crippen LogP contribution in [0.4, 0.5) is 5.95 Å². The zero-order valence-corrected chi connectivity index (χ0v) is 17.8. The molecule has 0 saturated heterocycles. The van der Waals surface area contributed by atoms with Gasteiger partial charge in [0.05, 0.1) is 0 Å². The molecular formula is C19H29N5O4. The van der Waals surface area contributed by atoms with E-state index in [9.17, 15) is 14.4 Å². The topological polar surface area (TPSA) is 91.4 Å². The van der Waals surface area contributed by atoms with E-state index in [1.807, 2.05) is 27.7 Å². The lowest BCUT2D eigenvalue weighted by Gasteiger charge is -2.18. The third-order valence-electron chi connectivity index (χ3n) is 4.13. The predicted molar refractivity (Wildman–Crippen MR) is 109 cm³/mol. The van der Waals surface area contributed by atoms with Crippen LogP contribution in [-0.4, -0.2) is 38.7 Å². The van der Waals surface area contributed by atoms with Gasteiger partial charge in [0.25, 0.3) is 5.56 Å². The summed E-state index contributed by atoms with van der Waals surface area (Å²) < 4.78 is 9.50. The lowest BCUT2D eigenvalue weighted by atomic mass is 10.1. The van der Waals surface area contributed by atoms with Crippen LogP contribution in [0.15, 0.2) is 15.7 Å². The Morgan fingerprint density at radius 3 is 2.25 bits per heavy atom. The quantitative estimate of drug-likeness (QED) is 0.548. The second-order valence-electron chi connectivity index (χ2n) is 7.84. The Hall–Kier alpha value is -2.84. The molecule has 0 aromatic carbocycles. The largest absolute Gasteiger partial charge is 0.409 e. The Morgan fingerprint density at radius 1 is 1.14 bits per heavy atom. The molecule has 2 aromatic rings. The van der Waals surface area contributed by atoms with E-state index in [1.54, 1.807) is 32.1 Å². The zero-order chi connectivity index (χ0) is 21.3. The Labute approximate surface area is 163 Å². The van der Waals surface area contributed by atoms with Crippen LogP contribution < -0.4 is 16.1 Å². The van der Waals surface area contributed by atoms with Gasteiger partial charge in [0.1, 0.15) is 0 Å². The number of aromatic nitrogens is 4. The van der Waals surface area contributed by atoms with Crippen LogP contribution in [0.5, 0.6) is 0 Å². The Morgan fingerprint density at radius 2 is 1.75 bits per heavy atom. The first-order chi connectivity index (χ1) is 13.0. The monoisotopic (exact) mass is 391 g/mol. The third kappa shape index (κ3) is 4.02. The Bertz CT molecular complexity index is 1040. The lowest BCUT2D eigenvalue weighted by Crippen LogP contribution is -2.37. The van der Waals surface area contributed by atoms with Crippen LogP contribution in [0.2, 0.25) is 0 Å². The van der Waals surface area contributed by atoms with Crippen LogP contribution in [0.25, 0.3) is 17.0 Å². The van der Waals surface area contributed by atoms with Crippen molar-refractivity contribution in [1.82, 2.24) is 18.7 Å². The molecule has 0 fully saturated rings. The van der Waals surface area contributed by atoms with E-state index in [2.05, 4.69) is 4.98 Å². The Kier molecular flexibility index (Phi) is 6.16. The number of rotatable bonds is 6. The highest BCUT2D eigenvalue weighted by molar-refractivity contribution is 5.82. The van der Waals surface area contributed by atoms with Crippen LogP contribution in [0.3, 0.4) is 0 Å². The summed E-state index contributed by atoms with van der Waals surface area (Å²) >= 11 is 0. The van der Waals surface area contributed by atoms with Gasteiger partial charge in [-0.05, 0) is 17.9 Å². The minimum atomic E-state index is -0.506. The molecule has 0 spiro atoms. The number of allylic oxidation sites excluding steroid dienone is 1. The summed E-state index contributed by atoms with van der Waals surface area (Å²) in [6.07, 6.45) is 2.01. The molecule has 0 amide bonds. The van der Waals surface area contributed by atoms with Crippen molar-refractivity contribution >= 4 is 29.0 Å². The second-order valence-corrected chi connectivity index (χ2v) is 7.84. The van der Waals surface area contributed by atoms with Gasteiger partial charge >= 0.3 is 11.7 Å². The number of anilines is 1. The standard InChI is InChI=1S/C19H29N5O4/c1-11(2)9-13(28-14(25)10-12(3)4)24-15-16(20-18(24)21(5)6)22(7)19(27)23(8)17(15)26/h9,11-12H,10H2,1-8H3. The highest BCUT2D eigenvalue weighted by atomic mass is 16.5. The van der Waals surface area contributed by atoms with Crippen LogP contribution in [0, 0.1) is 11.8 Å². The van der Waals surface area contributed by atoms with Crippen molar-refractivity contribution in [2.75, 3.05) is 19.0 Å². The van der Waals surface area contributed by atoms with Crippen molar-refractivity contribution in [2.45, 2.75) is 34.1 Å². The molecule has 0 bridgehead atoms. The van der Waals surface area contributed by atoms with Crippen molar-refractivity contribution in [1.29, 1.82) is 0 Å². The fraction of sp³-hybridized carbons (Fsp3) is 0.579. The highest BCUT2D eigenvalue weighted by Crippen LogP contribution is 2.25. The van der Waals surface area contributed by atoms with E-state index < -0.39 is 17.2 Å². The van der Waals surface area contributed by atoms with Gasteiger partial charge in [0, 0.05) is 34.6 Å². The average Bonchev–Trinajstić information content (AvgIpc) is 2.97. The summed E-state index contributed by atoms with van der Waals surface area (Å²) in [5, 5.41) is 0. The van der Waals surface area contributed by atoms with Gasteiger partial charge in [-0.1, -0.05) is 27.7 Å². The molecule has 2 rings (SSSR count). The highest BCUT2D eigenvalue weighted by Gasteiger charge is 2.25. The molecule has 0 unspecified atom stereocenters. The lowest BCUT2D eigenvalue weighted by molar-refractivity contribution is -0.137. The first-order valence-corrected chi connectivity index (χ1v) is 9.24. The number of nitrogens with zero attached hydrogens (tertiary/aromatic N) is 5. The number of esters is 1. The molecule has 0 aliphatic rings. The molecule has 154 valence electrons. The normalized spacial score (nSPS) is 12.3. The minimum Gasteiger partial charge on any atom is -0.409 e. The van der Waals surface area contributed by atoms with Gasteiger partial charge < -0.3 is 9.64 Å². The summed E-state index contributed by atoms with van der Waals surface area (Å²) in [6.45, 7) is 7.74. The summed E-state index contributed by atoms with van der Waals surface area (Å²) in [7, 11) is 6.50. The van der Waals surface area contributed by atoms with E-state index in [-0.39, 0.29) is 35.3 Å². The predicted octanol–water partition coefficient (Wildman–Crippen LogP) is 1.54. The van der Waals surface area contributed by atoms with Crippen molar-refractivity contribution in [2.24, 2.45) is 25.9 Å². The van der Waals surface area contributed by atoms with Crippen LogP contribution in [-0.2, 0) is 23.6 Å². The number of fused-ring (bicyclic) bond motifs is 1. The fourth-order valence-corrected chi connectivity index (χ4v) is 2.82. The maximum absolute atomic E-state index is 12.9. The van der Waals surface area contributed by atoms with E-state index in [1.165, 1.54) is 16.2 Å². The van der Waals surface area contributed by atoms with Gasteiger partial charge in [-0.15, -0.1) is 0 Å². The number of imidazole rings is 1. The summed E-state index contributed by atoms with van der Waals surface area (Å²) in [4.78, 5) is 43.8. The average molecular weight is 391 g/mol. The van der Waals surface area contributed by atoms with Crippen molar-refractivity contribution in [3.63, 3.8) is 0 Å². The number of hydrogen-bond donors (Lipinski definition) is 0. The molecule has 0 aliphatic heterocycles. The van der Waals surface area contributed by atoms with Crippen molar-refractivity contribution in [3.8, 4) is 0 Å². The number of carbonyl (C=O) groups excluding carboxylic acids is 1. The third-order valence-corrected chi connectivity index (χ3v) is 4.13. The van der Waals surface area contributed by atoms with E-state index in [4.69, 9.17) is 4.74 Å². The smallest absolute Gasteiger partial charge is 0.332 e. The summed E-state index contributed by atoms with van der Waals surface area (Å²) in [5.41, 5.74) is -0.573. The molecule has 2 aromatic heterocycles. The van der Waals surface area contributed by atoms with Crippen molar-refractivity contribution in [3.05, 3.63) is 26.9 Å². The first kappa shape index (κ1) is 21.5. The fourth-order valence-electron chi connectivity index (χ4n) is 2.82. The molecular weight excluding hydrogens is 362 g/mol. The summed E-state index contributed by atoms with van der Waals surface area (Å²) in [6, 6.07) is 0. The number of hydrogen-bond acceptors (Lipinski definition) is 6. The molecule has 9 nitrogen and oxygen atoms in total. The van der Waals surface area contributed by atoms with Gasteiger partial charge in [-0.2, -0.15) is 4.98 Å². The molecule has 0 N–H and O–H groups in total.